The molecule has 144 valence electrons. The first-order valence-electron chi connectivity index (χ1n) is 9.01. The molecule has 3 heterocycles. The molecule has 6 nitrogen and oxygen atoms in total. The zero-order valence-corrected chi connectivity index (χ0v) is 17.5. The molecule has 1 spiro atoms. The normalized spacial score (nSPS) is 29.9. The molecule has 3 aliphatic rings. The Labute approximate surface area is 170 Å². The first-order valence-corrected chi connectivity index (χ1v) is 10.8. The minimum Gasteiger partial charge on any atom is -0.383 e. The SMILES string of the molecule is COC[C@H]1C[C@H](C(=O)N2CC[C@@]3(C2)[Si]c2cc(Cl)c(Cl)cc2NC3=O)CN1. The Kier molecular flexibility index (Phi) is 5.24. The van der Waals surface area contributed by atoms with Crippen molar-refractivity contribution in [1.82, 2.24) is 10.2 Å². The number of halogens is 2. The maximum Gasteiger partial charge on any atom is 0.229 e. The van der Waals surface area contributed by atoms with Crippen LogP contribution in [0, 0.1) is 5.92 Å². The zero-order valence-electron chi connectivity index (χ0n) is 15.0. The first-order chi connectivity index (χ1) is 12.9. The van der Waals surface area contributed by atoms with Gasteiger partial charge in [-0.3, -0.25) is 9.59 Å². The number of likely N-dealkylation sites (tertiary alicyclic amines) is 1. The summed E-state index contributed by atoms with van der Waals surface area (Å²) in [6.45, 7) is 2.35. The first kappa shape index (κ1) is 19.2. The largest absolute Gasteiger partial charge is 0.383 e. The summed E-state index contributed by atoms with van der Waals surface area (Å²) in [5.74, 6) is 0.0650. The van der Waals surface area contributed by atoms with Crippen LogP contribution in [-0.2, 0) is 14.3 Å². The van der Waals surface area contributed by atoms with Gasteiger partial charge in [-0.25, -0.2) is 0 Å². The second kappa shape index (κ2) is 7.37. The van der Waals surface area contributed by atoms with Crippen molar-refractivity contribution in [2.24, 2.45) is 5.92 Å². The number of methoxy groups -OCH3 is 1. The minimum absolute atomic E-state index is 0.0242. The molecule has 27 heavy (non-hydrogen) atoms. The number of nitrogens with zero attached hydrogens (tertiary/aromatic N) is 1. The molecule has 2 radical (unpaired) electrons. The molecule has 0 bridgehead atoms. The van der Waals surface area contributed by atoms with Gasteiger partial charge in [0.05, 0.1) is 27.6 Å². The van der Waals surface area contributed by atoms with Crippen molar-refractivity contribution >= 4 is 55.4 Å². The van der Waals surface area contributed by atoms with Crippen LogP contribution >= 0.6 is 23.2 Å². The maximum atomic E-state index is 13.0. The molecule has 2 fully saturated rings. The second-order valence-corrected chi connectivity index (χ2v) is 10.0. The predicted octanol–water partition coefficient (Wildman–Crippen LogP) is 1.29. The van der Waals surface area contributed by atoms with Crippen LogP contribution < -0.4 is 15.8 Å². The molecular formula is C18H21Cl2N3O3Si. The molecule has 0 unspecified atom stereocenters. The van der Waals surface area contributed by atoms with Crippen molar-refractivity contribution in [1.29, 1.82) is 0 Å². The molecule has 3 aliphatic heterocycles. The van der Waals surface area contributed by atoms with Crippen LogP contribution in [0.4, 0.5) is 5.69 Å². The van der Waals surface area contributed by atoms with Gasteiger partial charge in [0.15, 0.2) is 0 Å². The number of anilines is 1. The molecule has 2 N–H and O–H groups in total. The van der Waals surface area contributed by atoms with Crippen LogP contribution in [0.2, 0.25) is 15.1 Å². The topological polar surface area (TPSA) is 70.7 Å². The highest BCUT2D eigenvalue weighted by atomic mass is 35.5. The van der Waals surface area contributed by atoms with Crippen molar-refractivity contribution in [2.75, 3.05) is 38.7 Å². The van der Waals surface area contributed by atoms with Crippen LogP contribution in [0.3, 0.4) is 0 Å². The van der Waals surface area contributed by atoms with Gasteiger partial charge in [0, 0.05) is 38.5 Å². The van der Waals surface area contributed by atoms with E-state index in [-0.39, 0.29) is 33.3 Å². The lowest BCUT2D eigenvalue weighted by Gasteiger charge is -2.33. The number of hydrogen-bond donors (Lipinski definition) is 2. The number of nitrogens with one attached hydrogen (secondary N) is 2. The fourth-order valence-corrected chi connectivity index (χ4v) is 6.29. The number of carbonyl (C=O) groups is 2. The van der Waals surface area contributed by atoms with Crippen molar-refractivity contribution < 1.29 is 14.3 Å². The van der Waals surface area contributed by atoms with Gasteiger partial charge < -0.3 is 20.3 Å². The van der Waals surface area contributed by atoms with E-state index in [0.717, 1.165) is 17.3 Å². The van der Waals surface area contributed by atoms with E-state index in [1.807, 2.05) is 11.0 Å². The Morgan fingerprint density at radius 2 is 2.19 bits per heavy atom. The van der Waals surface area contributed by atoms with Gasteiger partial charge in [0.1, 0.15) is 9.52 Å². The molecule has 1 aromatic carbocycles. The number of fused-ring (bicyclic) bond motifs is 1. The zero-order chi connectivity index (χ0) is 19.2. The highest BCUT2D eigenvalue weighted by molar-refractivity contribution is 6.66. The summed E-state index contributed by atoms with van der Waals surface area (Å²) in [6.07, 6.45) is 1.45. The monoisotopic (exact) mass is 425 g/mol. The third-order valence-corrected chi connectivity index (χ3v) is 8.16. The standard InChI is InChI=1S/C18H21Cl2N3O3Si/c1-26-8-11-4-10(7-21-11)16(24)23-3-2-18(9-23)17(25)22-14-5-12(19)13(20)6-15(14)27-18/h5-6,10-11,21H,2-4,7-9H2,1H3,(H,22,25)/t10-,11+,18-/m0/s1. The molecule has 1 aromatic rings. The number of carbonyl (C=O) groups excluding carboxylic acids is 2. The highest BCUT2D eigenvalue weighted by Crippen LogP contribution is 2.42. The second-order valence-electron chi connectivity index (χ2n) is 7.48. The molecule has 3 atom stereocenters. The van der Waals surface area contributed by atoms with Crippen molar-refractivity contribution in [3.05, 3.63) is 22.2 Å². The van der Waals surface area contributed by atoms with Gasteiger partial charge >= 0.3 is 0 Å². The Morgan fingerprint density at radius 1 is 1.41 bits per heavy atom. The summed E-state index contributed by atoms with van der Waals surface area (Å²) in [5.41, 5.74) is 0.727. The van der Waals surface area contributed by atoms with Gasteiger partial charge in [0.25, 0.3) is 0 Å². The van der Waals surface area contributed by atoms with Crippen LogP contribution in [0.5, 0.6) is 0 Å². The number of hydrogen-bond acceptors (Lipinski definition) is 4. The number of ether oxygens (including phenoxy) is 1. The van der Waals surface area contributed by atoms with E-state index >= 15 is 0 Å². The molecule has 4 rings (SSSR count). The summed E-state index contributed by atoms with van der Waals surface area (Å²) in [7, 11) is 1.94. The lowest BCUT2D eigenvalue weighted by Crippen LogP contribution is -2.48. The molecule has 0 aliphatic carbocycles. The van der Waals surface area contributed by atoms with Crippen LogP contribution in [0.1, 0.15) is 12.8 Å². The number of rotatable bonds is 3. The van der Waals surface area contributed by atoms with Gasteiger partial charge in [-0.05, 0) is 30.2 Å². The molecule has 0 aromatic heterocycles. The van der Waals surface area contributed by atoms with E-state index in [2.05, 4.69) is 10.6 Å². The van der Waals surface area contributed by atoms with Crippen LogP contribution in [0.25, 0.3) is 0 Å². The fourth-order valence-electron chi connectivity index (χ4n) is 4.19. The maximum absolute atomic E-state index is 13.0. The third kappa shape index (κ3) is 3.51. The van der Waals surface area contributed by atoms with E-state index in [1.54, 1.807) is 13.2 Å². The highest BCUT2D eigenvalue weighted by Gasteiger charge is 2.50. The lowest BCUT2D eigenvalue weighted by molar-refractivity contribution is -0.134. The fraction of sp³-hybridized carbons (Fsp3) is 0.556. The molecular weight excluding hydrogens is 405 g/mol. The molecule has 0 saturated carbocycles. The Morgan fingerprint density at radius 3 is 2.96 bits per heavy atom. The average molecular weight is 426 g/mol. The van der Waals surface area contributed by atoms with E-state index in [4.69, 9.17) is 27.9 Å². The Bertz CT molecular complexity index is 793. The summed E-state index contributed by atoms with van der Waals surface area (Å²) in [6, 6.07) is 3.76. The van der Waals surface area contributed by atoms with Crippen LogP contribution in [0.15, 0.2) is 12.1 Å². The number of amides is 2. The van der Waals surface area contributed by atoms with Gasteiger partial charge in [-0.15, -0.1) is 0 Å². The predicted molar refractivity (Wildman–Crippen MR) is 106 cm³/mol. The summed E-state index contributed by atoms with van der Waals surface area (Å²) >= 11 is 12.2. The average Bonchev–Trinajstić information content (AvgIpc) is 3.26. The van der Waals surface area contributed by atoms with Gasteiger partial charge in [-0.2, -0.15) is 0 Å². The Hall–Kier alpha value is -1.12. The van der Waals surface area contributed by atoms with Gasteiger partial charge in [0.2, 0.25) is 11.8 Å². The lowest BCUT2D eigenvalue weighted by atomic mass is 10.0. The number of benzene rings is 1. The third-order valence-electron chi connectivity index (χ3n) is 5.64. The van der Waals surface area contributed by atoms with Crippen molar-refractivity contribution in [3.8, 4) is 0 Å². The van der Waals surface area contributed by atoms with Crippen molar-refractivity contribution in [3.63, 3.8) is 0 Å². The van der Waals surface area contributed by atoms with Crippen molar-refractivity contribution in [2.45, 2.75) is 23.9 Å². The molecule has 2 saturated heterocycles. The quantitative estimate of drug-likeness (QED) is 0.715. The van der Waals surface area contributed by atoms with E-state index in [0.29, 0.717) is 42.7 Å². The summed E-state index contributed by atoms with van der Waals surface area (Å²) in [5, 5.41) is 7.67. The van der Waals surface area contributed by atoms with Gasteiger partial charge in [-0.1, -0.05) is 23.2 Å². The summed E-state index contributed by atoms with van der Waals surface area (Å²) < 4.78 is 5.18. The smallest absolute Gasteiger partial charge is 0.229 e. The Balaban J connectivity index is 1.47. The minimum atomic E-state index is -0.558. The van der Waals surface area contributed by atoms with E-state index in [1.165, 1.54) is 0 Å². The van der Waals surface area contributed by atoms with Crippen LogP contribution in [-0.4, -0.2) is 65.6 Å². The summed E-state index contributed by atoms with van der Waals surface area (Å²) in [4.78, 5) is 27.7. The molecule has 2 amide bonds. The molecule has 9 heteroatoms. The van der Waals surface area contributed by atoms with E-state index in [9.17, 15) is 9.59 Å². The van der Waals surface area contributed by atoms with E-state index < -0.39 is 5.04 Å².